The molecule has 0 bridgehead atoms. The van der Waals surface area contributed by atoms with Gasteiger partial charge in [-0.2, -0.15) is 0 Å². The molecule has 0 saturated carbocycles. The maximum Gasteiger partial charge on any atom is 0.254 e. The quantitative estimate of drug-likeness (QED) is 0.329. The van der Waals surface area contributed by atoms with Crippen molar-refractivity contribution in [3.05, 3.63) is 96.3 Å². The number of benzene rings is 3. The Morgan fingerprint density at radius 3 is 2.32 bits per heavy atom. The van der Waals surface area contributed by atoms with E-state index in [2.05, 4.69) is 15.7 Å². The summed E-state index contributed by atoms with van der Waals surface area (Å²) in [5, 5.41) is 9.08. The first-order chi connectivity index (χ1) is 15.2. The molecule has 0 radical (unpaired) electrons. The van der Waals surface area contributed by atoms with Crippen LogP contribution in [0.4, 0.5) is 4.39 Å². The highest BCUT2D eigenvalue weighted by atomic mass is 32.2. The highest BCUT2D eigenvalue weighted by Gasteiger charge is 2.17. The van der Waals surface area contributed by atoms with Gasteiger partial charge in [-0.1, -0.05) is 60.3 Å². The summed E-state index contributed by atoms with van der Waals surface area (Å²) in [6.07, 6.45) is 0. The van der Waals surface area contributed by atoms with Crippen LogP contribution in [0.25, 0.3) is 17.1 Å². The number of aromatic nitrogens is 3. The Balaban J connectivity index is 1.46. The van der Waals surface area contributed by atoms with Crippen LogP contribution in [0.1, 0.15) is 5.56 Å². The van der Waals surface area contributed by atoms with E-state index in [0.29, 0.717) is 11.0 Å². The molecule has 0 unspecified atom stereocenters. The fourth-order valence-electron chi connectivity index (χ4n) is 2.89. The molecule has 0 aliphatic rings. The topological polar surface area (TPSA) is 69.0 Å². The molecule has 3 aromatic carbocycles. The van der Waals surface area contributed by atoms with E-state index in [-0.39, 0.29) is 24.1 Å². The molecule has 0 aliphatic heterocycles. The molecule has 31 heavy (non-hydrogen) atoms. The first-order valence-electron chi connectivity index (χ1n) is 9.55. The zero-order valence-corrected chi connectivity index (χ0v) is 17.3. The molecule has 0 fully saturated rings. The van der Waals surface area contributed by atoms with E-state index in [1.54, 1.807) is 12.1 Å². The van der Waals surface area contributed by atoms with Gasteiger partial charge in [0, 0.05) is 11.3 Å². The fourth-order valence-corrected chi connectivity index (χ4v) is 3.63. The Labute approximate surface area is 183 Å². The zero-order valence-electron chi connectivity index (χ0n) is 16.4. The van der Waals surface area contributed by atoms with Gasteiger partial charge < -0.3 is 0 Å². The van der Waals surface area contributed by atoms with Gasteiger partial charge >= 0.3 is 0 Å². The third-order valence-corrected chi connectivity index (χ3v) is 5.28. The molecule has 1 N–H and O–H groups in total. The number of carbonyl (C=O) groups excluding carboxylic acids is 1. The molecule has 1 amide bonds. The molecule has 0 saturated heterocycles. The number of rotatable bonds is 8. The standard InChI is InChI=1S/C23H19FN4O2S/c24-19-13-11-18(12-14-19)22-25-26-23(28(22)20-9-5-2-6-10-20)31-16-21(29)27-30-15-17-7-3-1-4-8-17/h1-14H,15-16H2,(H,27,29). The van der Waals surface area contributed by atoms with Crippen molar-refractivity contribution < 1.29 is 14.0 Å². The van der Waals surface area contributed by atoms with Crippen molar-refractivity contribution in [3.63, 3.8) is 0 Å². The number of thioether (sulfide) groups is 1. The first kappa shape index (κ1) is 20.8. The van der Waals surface area contributed by atoms with Crippen molar-refractivity contribution in [2.75, 3.05) is 5.75 Å². The molecule has 8 heteroatoms. The summed E-state index contributed by atoms with van der Waals surface area (Å²) in [6.45, 7) is 0.284. The van der Waals surface area contributed by atoms with Gasteiger partial charge in [0.05, 0.1) is 12.4 Å². The maximum atomic E-state index is 13.3. The average molecular weight is 434 g/mol. The van der Waals surface area contributed by atoms with Gasteiger partial charge in [0.15, 0.2) is 11.0 Å². The Hall–Kier alpha value is -3.49. The lowest BCUT2D eigenvalue weighted by molar-refractivity contribution is -0.131. The Bertz CT molecular complexity index is 1140. The fraction of sp³-hybridized carbons (Fsp3) is 0.0870. The van der Waals surface area contributed by atoms with Crippen LogP contribution in [-0.2, 0) is 16.2 Å². The van der Waals surface area contributed by atoms with Crippen LogP contribution < -0.4 is 5.48 Å². The first-order valence-corrected chi connectivity index (χ1v) is 10.5. The highest BCUT2D eigenvalue weighted by Crippen LogP contribution is 2.28. The number of hydrogen-bond donors (Lipinski definition) is 1. The van der Waals surface area contributed by atoms with Crippen LogP contribution >= 0.6 is 11.8 Å². The van der Waals surface area contributed by atoms with E-state index in [9.17, 15) is 9.18 Å². The van der Waals surface area contributed by atoms with Gasteiger partial charge in [0.1, 0.15) is 5.82 Å². The van der Waals surface area contributed by atoms with Crippen molar-refractivity contribution in [1.82, 2.24) is 20.2 Å². The number of hydrogen-bond acceptors (Lipinski definition) is 5. The van der Waals surface area contributed by atoms with Crippen LogP contribution in [0.2, 0.25) is 0 Å². The zero-order chi connectivity index (χ0) is 21.5. The van der Waals surface area contributed by atoms with Gasteiger partial charge in [-0.05, 0) is 42.0 Å². The lowest BCUT2D eigenvalue weighted by atomic mass is 10.2. The Morgan fingerprint density at radius 2 is 1.61 bits per heavy atom. The smallest absolute Gasteiger partial charge is 0.254 e. The maximum absolute atomic E-state index is 13.3. The van der Waals surface area contributed by atoms with E-state index >= 15 is 0 Å². The Morgan fingerprint density at radius 1 is 0.935 bits per heavy atom. The van der Waals surface area contributed by atoms with Crippen LogP contribution in [0.5, 0.6) is 0 Å². The summed E-state index contributed by atoms with van der Waals surface area (Å²) in [5.41, 5.74) is 4.97. The molecule has 1 heterocycles. The normalized spacial score (nSPS) is 10.7. The average Bonchev–Trinajstić information content (AvgIpc) is 3.23. The summed E-state index contributed by atoms with van der Waals surface area (Å²) in [5.74, 6) is 0.0565. The number of hydroxylamine groups is 1. The lowest BCUT2D eigenvalue weighted by Crippen LogP contribution is -2.25. The van der Waals surface area contributed by atoms with Crippen molar-refractivity contribution in [3.8, 4) is 17.1 Å². The number of halogens is 1. The van der Waals surface area contributed by atoms with Crippen molar-refractivity contribution in [2.45, 2.75) is 11.8 Å². The van der Waals surface area contributed by atoms with Crippen LogP contribution in [0.3, 0.4) is 0 Å². The molecule has 4 rings (SSSR count). The second kappa shape index (κ2) is 10.0. The van der Waals surface area contributed by atoms with E-state index in [1.165, 1.54) is 23.9 Å². The van der Waals surface area contributed by atoms with Crippen LogP contribution in [0, 0.1) is 5.82 Å². The van der Waals surface area contributed by atoms with Gasteiger partial charge in [0.2, 0.25) is 0 Å². The molecule has 0 atom stereocenters. The molecule has 156 valence electrons. The molecule has 1 aromatic heterocycles. The van der Waals surface area contributed by atoms with Gasteiger partial charge in [-0.25, -0.2) is 9.87 Å². The van der Waals surface area contributed by atoms with Gasteiger partial charge in [0.25, 0.3) is 5.91 Å². The number of nitrogens with one attached hydrogen (secondary N) is 1. The summed E-state index contributed by atoms with van der Waals surface area (Å²) >= 11 is 1.24. The van der Waals surface area contributed by atoms with E-state index < -0.39 is 0 Å². The third-order valence-electron chi connectivity index (χ3n) is 4.35. The van der Waals surface area contributed by atoms with E-state index in [0.717, 1.165) is 16.8 Å². The molecule has 4 aromatic rings. The predicted molar refractivity (Wildman–Crippen MR) is 117 cm³/mol. The van der Waals surface area contributed by atoms with Gasteiger partial charge in [-0.15, -0.1) is 10.2 Å². The van der Waals surface area contributed by atoms with Crippen LogP contribution in [0.15, 0.2) is 90.1 Å². The van der Waals surface area contributed by atoms with E-state index in [4.69, 9.17) is 4.84 Å². The third kappa shape index (κ3) is 5.36. The lowest BCUT2D eigenvalue weighted by Gasteiger charge is -2.10. The number of amides is 1. The second-order valence-corrected chi connectivity index (χ2v) is 7.51. The molecule has 0 aliphatic carbocycles. The summed E-state index contributed by atoms with van der Waals surface area (Å²) in [7, 11) is 0. The molecular formula is C23H19FN4O2S. The summed E-state index contributed by atoms with van der Waals surface area (Å²) in [6, 6.07) is 25.2. The van der Waals surface area contributed by atoms with Crippen molar-refractivity contribution in [2.24, 2.45) is 0 Å². The summed E-state index contributed by atoms with van der Waals surface area (Å²) in [4.78, 5) is 17.5. The highest BCUT2D eigenvalue weighted by molar-refractivity contribution is 7.99. The van der Waals surface area contributed by atoms with Crippen molar-refractivity contribution >= 4 is 17.7 Å². The monoisotopic (exact) mass is 434 g/mol. The Kier molecular flexibility index (Phi) is 6.71. The summed E-state index contributed by atoms with van der Waals surface area (Å²) < 4.78 is 15.2. The minimum atomic E-state index is -0.323. The van der Waals surface area contributed by atoms with Crippen molar-refractivity contribution in [1.29, 1.82) is 0 Å². The molecule has 0 spiro atoms. The van der Waals surface area contributed by atoms with Gasteiger partial charge in [-0.3, -0.25) is 14.2 Å². The molecule has 6 nitrogen and oxygen atoms in total. The minimum absolute atomic E-state index is 0.100. The van der Waals surface area contributed by atoms with Crippen LogP contribution in [-0.4, -0.2) is 26.4 Å². The number of carbonyl (C=O) groups is 1. The SMILES string of the molecule is O=C(CSc1nnc(-c2ccc(F)cc2)n1-c1ccccc1)NOCc1ccccc1. The largest absolute Gasteiger partial charge is 0.272 e. The second-order valence-electron chi connectivity index (χ2n) is 6.57. The number of para-hydroxylation sites is 1. The predicted octanol–water partition coefficient (Wildman–Crippen LogP) is 4.41. The molecular weight excluding hydrogens is 415 g/mol. The number of nitrogens with zero attached hydrogens (tertiary/aromatic N) is 3. The minimum Gasteiger partial charge on any atom is -0.272 e. The van der Waals surface area contributed by atoms with E-state index in [1.807, 2.05) is 65.2 Å².